The fourth-order valence-corrected chi connectivity index (χ4v) is 3.76. The summed E-state index contributed by atoms with van der Waals surface area (Å²) in [5.41, 5.74) is 2.73. The van der Waals surface area contributed by atoms with Crippen molar-refractivity contribution in [1.82, 2.24) is 9.55 Å². The number of imidazole rings is 1. The first kappa shape index (κ1) is 17.5. The maximum atomic E-state index is 4.73. The van der Waals surface area contributed by atoms with Crippen molar-refractivity contribution < 1.29 is 0 Å². The summed E-state index contributed by atoms with van der Waals surface area (Å²) in [4.78, 5) is 4.73. The number of aryl methyl sites for hydroxylation is 1. The highest BCUT2D eigenvalue weighted by molar-refractivity contribution is 5.32. The molecule has 0 amide bonds. The van der Waals surface area contributed by atoms with E-state index in [-0.39, 0.29) is 5.41 Å². The molecule has 0 saturated carbocycles. The molecule has 3 aromatic rings. The Labute approximate surface area is 151 Å². The van der Waals surface area contributed by atoms with Gasteiger partial charge in [0.2, 0.25) is 0 Å². The molecule has 0 radical (unpaired) electrons. The zero-order valence-corrected chi connectivity index (χ0v) is 15.5. The first-order valence-corrected chi connectivity index (χ1v) is 9.25. The van der Waals surface area contributed by atoms with Crippen LogP contribution in [-0.2, 0) is 18.4 Å². The lowest BCUT2D eigenvalue weighted by Crippen LogP contribution is -2.33. The van der Waals surface area contributed by atoms with E-state index in [1.165, 1.54) is 17.0 Å². The van der Waals surface area contributed by atoms with Gasteiger partial charge in [-0.3, -0.25) is 0 Å². The third-order valence-corrected chi connectivity index (χ3v) is 5.40. The summed E-state index contributed by atoms with van der Waals surface area (Å²) in [6.45, 7) is 7.94. The molecule has 2 atom stereocenters. The van der Waals surface area contributed by atoms with Crippen LogP contribution in [0.5, 0.6) is 0 Å². The number of nitrogens with zero attached hydrogens (tertiary/aromatic N) is 2. The summed E-state index contributed by atoms with van der Waals surface area (Å²) < 4.78 is 2.32. The molecule has 3 rings (SSSR count). The Bertz CT molecular complexity index is 776. The Kier molecular flexibility index (Phi) is 5.37. The molecule has 0 N–H and O–H groups in total. The summed E-state index contributed by atoms with van der Waals surface area (Å²) in [5, 5.41) is 0. The molecule has 2 heteroatoms. The van der Waals surface area contributed by atoms with Crippen LogP contribution in [0, 0.1) is 0 Å². The summed E-state index contributed by atoms with van der Waals surface area (Å²) >= 11 is 0. The minimum absolute atomic E-state index is 0.0144. The molecule has 1 heterocycles. The minimum atomic E-state index is -0.0144. The second-order valence-corrected chi connectivity index (χ2v) is 7.15. The highest BCUT2D eigenvalue weighted by Crippen LogP contribution is 2.41. The number of rotatable bonds is 7. The lowest BCUT2D eigenvalue weighted by atomic mass is 9.68. The van der Waals surface area contributed by atoms with Crippen molar-refractivity contribution >= 4 is 0 Å². The molecule has 130 valence electrons. The Morgan fingerprint density at radius 1 is 1.00 bits per heavy atom. The first-order valence-electron chi connectivity index (χ1n) is 9.25. The smallest absolute Gasteiger partial charge is 0.112 e. The Balaban J connectivity index is 2.03. The first-order chi connectivity index (χ1) is 12.1. The predicted octanol–water partition coefficient (Wildman–Crippen LogP) is 5.60. The van der Waals surface area contributed by atoms with Crippen LogP contribution >= 0.6 is 0 Å². The topological polar surface area (TPSA) is 17.8 Å². The third kappa shape index (κ3) is 3.68. The quantitative estimate of drug-likeness (QED) is 0.551. The van der Waals surface area contributed by atoms with Gasteiger partial charge in [-0.15, -0.1) is 0 Å². The number of hydrogen-bond donors (Lipinski definition) is 0. The molecule has 2 nitrogen and oxygen atoms in total. The molecule has 0 spiro atoms. The van der Waals surface area contributed by atoms with E-state index < -0.39 is 0 Å². The number of benzene rings is 2. The SMILES string of the molecule is CCCn1ccnc1C(C)C(C)(Cc1ccccc1)c1ccccc1. The van der Waals surface area contributed by atoms with Gasteiger partial charge in [-0.1, -0.05) is 81.4 Å². The van der Waals surface area contributed by atoms with Gasteiger partial charge in [0.25, 0.3) is 0 Å². The molecule has 1 aromatic heterocycles. The van der Waals surface area contributed by atoms with Crippen LogP contribution in [0.2, 0.25) is 0 Å². The lowest BCUT2D eigenvalue weighted by molar-refractivity contribution is 0.368. The molecular weight excluding hydrogens is 304 g/mol. The van der Waals surface area contributed by atoms with E-state index in [2.05, 4.69) is 92.2 Å². The molecular formula is C23H28N2. The molecule has 2 unspecified atom stereocenters. The van der Waals surface area contributed by atoms with E-state index in [0.29, 0.717) is 5.92 Å². The van der Waals surface area contributed by atoms with Crippen LogP contribution in [-0.4, -0.2) is 9.55 Å². The van der Waals surface area contributed by atoms with E-state index >= 15 is 0 Å². The maximum absolute atomic E-state index is 4.73. The van der Waals surface area contributed by atoms with Gasteiger partial charge in [0, 0.05) is 30.3 Å². The molecule has 0 aliphatic rings. The average Bonchev–Trinajstić information content (AvgIpc) is 3.11. The average molecular weight is 332 g/mol. The van der Waals surface area contributed by atoms with Crippen molar-refractivity contribution in [3.63, 3.8) is 0 Å². The summed E-state index contributed by atoms with van der Waals surface area (Å²) in [5.74, 6) is 1.50. The lowest BCUT2D eigenvalue weighted by Gasteiger charge is -2.36. The second kappa shape index (κ2) is 7.69. The number of hydrogen-bond acceptors (Lipinski definition) is 1. The Morgan fingerprint density at radius 2 is 1.64 bits per heavy atom. The molecule has 25 heavy (non-hydrogen) atoms. The van der Waals surface area contributed by atoms with Crippen molar-refractivity contribution in [2.45, 2.75) is 51.5 Å². The van der Waals surface area contributed by atoms with Gasteiger partial charge >= 0.3 is 0 Å². The zero-order chi connectivity index (χ0) is 17.7. The normalized spacial score (nSPS) is 14.8. The van der Waals surface area contributed by atoms with Crippen LogP contribution < -0.4 is 0 Å². The van der Waals surface area contributed by atoms with E-state index in [4.69, 9.17) is 4.98 Å². The largest absolute Gasteiger partial charge is 0.335 e. The fourth-order valence-electron chi connectivity index (χ4n) is 3.76. The maximum Gasteiger partial charge on any atom is 0.112 e. The van der Waals surface area contributed by atoms with Gasteiger partial charge in [-0.2, -0.15) is 0 Å². The summed E-state index contributed by atoms with van der Waals surface area (Å²) in [6, 6.07) is 21.7. The van der Waals surface area contributed by atoms with Crippen molar-refractivity contribution in [1.29, 1.82) is 0 Å². The van der Waals surface area contributed by atoms with Crippen molar-refractivity contribution in [2.24, 2.45) is 0 Å². The fraction of sp³-hybridized carbons (Fsp3) is 0.348. The summed E-state index contributed by atoms with van der Waals surface area (Å²) in [7, 11) is 0. The van der Waals surface area contributed by atoms with E-state index in [1.54, 1.807) is 0 Å². The van der Waals surface area contributed by atoms with Gasteiger partial charge < -0.3 is 4.57 Å². The Morgan fingerprint density at radius 3 is 2.28 bits per heavy atom. The van der Waals surface area contributed by atoms with Crippen molar-refractivity contribution in [3.8, 4) is 0 Å². The van der Waals surface area contributed by atoms with Crippen molar-refractivity contribution in [3.05, 3.63) is 90.0 Å². The van der Waals surface area contributed by atoms with Gasteiger partial charge in [0.1, 0.15) is 5.82 Å². The second-order valence-electron chi connectivity index (χ2n) is 7.15. The minimum Gasteiger partial charge on any atom is -0.335 e. The van der Waals surface area contributed by atoms with Gasteiger partial charge in [-0.25, -0.2) is 4.98 Å². The molecule has 0 fully saturated rings. The van der Waals surface area contributed by atoms with E-state index in [9.17, 15) is 0 Å². The molecule has 0 saturated heterocycles. The van der Waals surface area contributed by atoms with Gasteiger partial charge in [0.15, 0.2) is 0 Å². The van der Waals surface area contributed by atoms with Gasteiger partial charge in [0.05, 0.1) is 0 Å². The standard InChI is InChI=1S/C23H28N2/c1-4-16-25-17-15-24-22(25)19(2)23(3,21-13-9-6-10-14-21)18-20-11-7-5-8-12-20/h5-15,17,19H,4,16,18H2,1-3H3. The molecule has 0 aliphatic carbocycles. The van der Waals surface area contributed by atoms with Crippen LogP contribution in [0.3, 0.4) is 0 Å². The highest BCUT2D eigenvalue weighted by atomic mass is 15.1. The van der Waals surface area contributed by atoms with E-state index in [0.717, 1.165) is 19.4 Å². The van der Waals surface area contributed by atoms with Crippen LogP contribution in [0.4, 0.5) is 0 Å². The zero-order valence-electron chi connectivity index (χ0n) is 15.5. The molecule has 0 bridgehead atoms. The number of aromatic nitrogens is 2. The third-order valence-electron chi connectivity index (χ3n) is 5.40. The molecule has 0 aliphatic heterocycles. The van der Waals surface area contributed by atoms with Gasteiger partial charge in [-0.05, 0) is 24.0 Å². The summed E-state index contributed by atoms with van der Waals surface area (Å²) in [6.07, 6.45) is 6.17. The Hall–Kier alpha value is -2.35. The monoisotopic (exact) mass is 332 g/mol. The van der Waals surface area contributed by atoms with E-state index in [1.807, 2.05) is 6.20 Å². The van der Waals surface area contributed by atoms with Crippen LogP contribution in [0.25, 0.3) is 0 Å². The highest BCUT2D eigenvalue weighted by Gasteiger charge is 2.36. The van der Waals surface area contributed by atoms with Crippen molar-refractivity contribution in [2.75, 3.05) is 0 Å². The van der Waals surface area contributed by atoms with Crippen LogP contribution in [0.1, 0.15) is 50.1 Å². The van der Waals surface area contributed by atoms with Crippen LogP contribution in [0.15, 0.2) is 73.1 Å². The molecule has 2 aromatic carbocycles. The predicted molar refractivity (Wildman–Crippen MR) is 105 cm³/mol.